The summed E-state index contributed by atoms with van der Waals surface area (Å²) >= 11 is 0. The molecule has 0 aromatic heterocycles. The van der Waals surface area contributed by atoms with Crippen LogP contribution in [0.25, 0.3) is 0 Å². The van der Waals surface area contributed by atoms with Gasteiger partial charge in [0.15, 0.2) is 0 Å². The molecule has 86 valence electrons. The summed E-state index contributed by atoms with van der Waals surface area (Å²) in [6.07, 6.45) is 0. The topological polar surface area (TPSA) is 30.8 Å². The van der Waals surface area contributed by atoms with Gasteiger partial charge in [0.25, 0.3) is 0 Å². The van der Waals surface area contributed by atoms with E-state index in [0.717, 1.165) is 0 Å². The van der Waals surface area contributed by atoms with Gasteiger partial charge in [0.1, 0.15) is 0 Å². The summed E-state index contributed by atoms with van der Waals surface area (Å²) in [4.78, 5) is 0. The molecule has 0 saturated heterocycles. The molecule has 0 saturated carbocycles. The van der Waals surface area contributed by atoms with Crippen LogP contribution in [0.5, 0.6) is 0 Å². The Bertz CT molecular complexity index is 227. The van der Waals surface area contributed by atoms with E-state index in [1.807, 2.05) is 0 Å². The highest BCUT2D eigenvalue weighted by Crippen LogP contribution is 2.62. The molecule has 0 bridgehead atoms. The molecule has 0 aliphatic carbocycles. The highest BCUT2D eigenvalue weighted by molar-refractivity contribution is 7.58. The van der Waals surface area contributed by atoms with E-state index in [0.29, 0.717) is 0 Å². The first-order chi connectivity index (χ1) is 6.08. The maximum absolute atomic E-state index is 5.55. The molecule has 0 fully saturated rings. The van der Waals surface area contributed by atoms with Crippen LogP contribution in [0.2, 0.25) is 0 Å². The van der Waals surface area contributed by atoms with Gasteiger partial charge in [0.2, 0.25) is 7.51 Å². The van der Waals surface area contributed by atoms with Gasteiger partial charge in [-0.15, -0.1) is 0 Å². The molecule has 3 nitrogen and oxygen atoms in total. The van der Waals surface area contributed by atoms with Crippen molar-refractivity contribution < 1.29 is 9.05 Å². The fourth-order valence-electron chi connectivity index (χ4n) is 1.25. The van der Waals surface area contributed by atoms with Crippen molar-refractivity contribution in [1.29, 1.82) is 0 Å². The zero-order chi connectivity index (χ0) is 11.6. The average molecular weight is 221 g/mol. The van der Waals surface area contributed by atoms with Crippen LogP contribution in [0.4, 0.5) is 0 Å². The minimum absolute atomic E-state index is 0.0796. The first-order valence-electron chi connectivity index (χ1n) is 4.83. The Balaban J connectivity index is 5.42. The lowest BCUT2D eigenvalue weighted by molar-refractivity contribution is 0.299. The summed E-state index contributed by atoms with van der Waals surface area (Å²) in [6.45, 7) is 12.5. The van der Waals surface area contributed by atoms with Gasteiger partial charge in [0, 0.05) is 19.4 Å². The number of nitrogens with zero attached hydrogens (tertiary/aromatic N) is 1. The maximum Gasteiger partial charge on any atom is 0.217 e. The van der Waals surface area contributed by atoms with Crippen molar-refractivity contribution in [2.75, 3.05) is 14.2 Å². The second-order valence-electron chi connectivity index (χ2n) is 5.33. The fourth-order valence-corrected chi connectivity index (χ4v) is 3.75. The Morgan fingerprint density at radius 2 is 1.21 bits per heavy atom. The number of hydrogen-bond donors (Lipinski definition) is 0. The molecule has 14 heavy (non-hydrogen) atoms. The van der Waals surface area contributed by atoms with Crippen molar-refractivity contribution in [1.82, 2.24) is 0 Å². The summed E-state index contributed by atoms with van der Waals surface area (Å²) in [7, 11) is 1.22. The Hall–Kier alpha value is 0.150. The number of hydrogen-bond acceptors (Lipinski definition) is 3. The molecular weight excluding hydrogens is 197 g/mol. The molecule has 0 atom stereocenters. The van der Waals surface area contributed by atoms with Gasteiger partial charge in [-0.25, -0.2) is 4.74 Å². The standard InChI is InChI=1S/C10H24NO2P/c1-9(2,3)11-14(12-7,13-8)10(4,5)6/h1-8H3. The van der Waals surface area contributed by atoms with E-state index in [-0.39, 0.29) is 10.7 Å². The summed E-state index contributed by atoms with van der Waals surface area (Å²) in [6, 6.07) is 0. The third kappa shape index (κ3) is 3.38. The van der Waals surface area contributed by atoms with E-state index in [1.54, 1.807) is 14.2 Å². The molecule has 0 unspecified atom stereocenters. The lowest BCUT2D eigenvalue weighted by atomic mass is 10.1. The molecule has 0 rings (SSSR count). The second-order valence-corrected chi connectivity index (χ2v) is 8.64. The second kappa shape index (κ2) is 4.34. The molecule has 0 aromatic rings. The fraction of sp³-hybridized carbons (Fsp3) is 1.00. The summed E-state index contributed by atoms with van der Waals surface area (Å²) in [5.41, 5.74) is -0.132. The normalized spacial score (nSPS) is 14.3. The van der Waals surface area contributed by atoms with Gasteiger partial charge in [0.05, 0.1) is 5.54 Å². The third-order valence-electron chi connectivity index (χ3n) is 1.77. The van der Waals surface area contributed by atoms with Crippen LogP contribution in [0, 0.1) is 0 Å². The molecule has 0 heterocycles. The molecular formula is C10H24NO2P. The number of rotatable bonds is 2. The van der Waals surface area contributed by atoms with Gasteiger partial charge in [-0.05, 0) is 20.8 Å². The molecule has 0 radical (unpaired) electrons. The minimum atomic E-state index is -2.14. The maximum atomic E-state index is 5.55. The van der Waals surface area contributed by atoms with Crippen molar-refractivity contribution >= 4 is 7.51 Å². The zero-order valence-corrected chi connectivity index (χ0v) is 11.6. The first kappa shape index (κ1) is 14.2. The van der Waals surface area contributed by atoms with Crippen LogP contribution in [0.1, 0.15) is 41.5 Å². The van der Waals surface area contributed by atoms with Crippen LogP contribution in [0.3, 0.4) is 0 Å². The first-order valence-corrected chi connectivity index (χ1v) is 6.41. The molecule has 0 N–H and O–H groups in total. The molecule has 0 amide bonds. The minimum Gasteiger partial charge on any atom is -0.327 e. The highest BCUT2D eigenvalue weighted by atomic mass is 31.2. The van der Waals surface area contributed by atoms with E-state index in [4.69, 9.17) is 13.8 Å². The van der Waals surface area contributed by atoms with Crippen LogP contribution in [0.15, 0.2) is 4.74 Å². The Morgan fingerprint density at radius 1 is 0.857 bits per heavy atom. The predicted octanol–water partition coefficient (Wildman–Crippen LogP) is 3.91. The van der Waals surface area contributed by atoms with Gasteiger partial charge < -0.3 is 9.05 Å². The van der Waals surface area contributed by atoms with Crippen LogP contribution in [-0.4, -0.2) is 24.9 Å². The van der Waals surface area contributed by atoms with Crippen molar-refractivity contribution in [3.8, 4) is 0 Å². The summed E-state index contributed by atoms with van der Waals surface area (Å²) in [5, 5.41) is -0.0796. The molecule has 4 heteroatoms. The van der Waals surface area contributed by atoms with Gasteiger partial charge in [-0.3, -0.25) is 0 Å². The zero-order valence-electron chi connectivity index (χ0n) is 10.7. The summed E-state index contributed by atoms with van der Waals surface area (Å²) < 4.78 is 15.8. The van der Waals surface area contributed by atoms with Gasteiger partial charge in [-0.2, -0.15) is 0 Å². The van der Waals surface area contributed by atoms with Crippen molar-refractivity contribution in [3.05, 3.63) is 0 Å². The molecule has 0 spiro atoms. The van der Waals surface area contributed by atoms with Crippen LogP contribution in [-0.2, 0) is 9.05 Å². The van der Waals surface area contributed by atoms with E-state index in [2.05, 4.69) is 41.5 Å². The Kier molecular flexibility index (Phi) is 4.39. The monoisotopic (exact) mass is 221 g/mol. The lowest BCUT2D eigenvalue weighted by Gasteiger charge is -2.35. The summed E-state index contributed by atoms with van der Waals surface area (Å²) in [5.74, 6) is 0. The van der Waals surface area contributed by atoms with E-state index >= 15 is 0 Å². The predicted molar refractivity (Wildman–Crippen MR) is 62.9 cm³/mol. The Morgan fingerprint density at radius 3 is 1.29 bits per heavy atom. The molecule has 0 aromatic carbocycles. The van der Waals surface area contributed by atoms with E-state index in [1.165, 1.54) is 0 Å². The molecule has 0 aliphatic rings. The Labute approximate surface area is 88.4 Å². The lowest BCUT2D eigenvalue weighted by Crippen LogP contribution is -2.21. The van der Waals surface area contributed by atoms with E-state index in [9.17, 15) is 0 Å². The van der Waals surface area contributed by atoms with Crippen molar-refractivity contribution in [2.24, 2.45) is 4.74 Å². The smallest absolute Gasteiger partial charge is 0.217 e. The van der Waals surface area contributed by atoms with Crippen LogP contribution < -0.4 is 0 Å². The van der Waals surface area contributed by atoms with Gasteiger partial charge in [-0.1, -0.05) is 20.8 Å². The van der Waals surface area contributed by atoms with Gasteiger partial charge >= 0.3 is 0 Å². The molecule has 0 aliphatic heterocycles. The van der Waals surface area contributed by atoms with Crippen molar-refractivity contribution in [3.63, 3.8) is 0 Å². The SMILES string of the molecule is COP(=NC(C)(C)C)(OC)C(C)(C)C. The van der Waals surface area contributed by atoms with Crippen molar-refractivity contribution in [2.45, 2.75) is 52.2 Å². The largest absolute Gasteiger partial charge is 0.327 e. The highest BCUT2D eigenvalue weighted by Gasteiger charge is 2.36. The van der Waals surface area contributed by atoms with E-state index < -0.39 is 7.51 Å². The third-order valence-corrected chi connectivity index (χ3v) is 5.32. The van der Waals surface area contributed by atoms with Crippen LogP contribution >= 0.6 is 7.51 Å². The average Bonchev–Trinajstić information content (AvgIpc) is 1.96. The quantitative estimate of drug-likeness (QED) is 0.662.